The van der Waals surface area contributed by atoms with Crippen LogP contribution in [-0.4, -0.2) is 30.8 Å². The zero-order chi connectivity index (χ0) is 14.1. The minimum Gasteiger partial charge on any atom is -0.354 e. The van der Waals surface area contributed by atoms with Gasteiger partial charge in [0.1, 0.15) is 0 Å². The van der Waals surface area contributed by atoms with Crippen LogP contribution in [0.3, 0.4) is 0 Å². The molecule has 0 saturated heterocycles. The Morgan fingerprint density at radius 3 is 2.53 bits per heavy atom. The Bertz CT molecular complexity index is 440. The lowest BCUT2D eigenvalue weighted by molar-refractivity contribution is -0.121. The third kappa shape index (κ3) is 6.07. The number of carbonyl (C=O) groups excluding carboxylic acids is 2. The summed E-state index contributed by atoms with van der Waals surface area (Å²) >= 11 is 8.80. The van der Waals surface area contributed by atoms with Crippen LogP contribution in [-0.2, 0) is 4.79 Å². The van der Waals surface area contributed by atoms with E-state index in [-0.39, 0.29) is 11.8 Å². The number of rotatable bonds is 7. The molecule has 0 heterocycles. The molecule has 0 unspecified atom stereocenters. The lowest BCUT2D eigenvalue weighted by Gasteiger charge is -2.08. The van der Waals surface area contributed by atoms with Crippen LogP contribution in [0.25, 0.3) is 0 Å². The highest BCUT2D eigenvalue weighted by Crippen LogP contribution is 2.15. The fourth-order valence-corrected chi connectivity index (χ4v) is 2.03. The second-order valence-corrected chi connectivity index (χ2v) is 5.11. The molecule has 1 aromatic carbocycles. The summed E-state index contributed by atoms with van der Waals surface area (Å²) in [5.41, 5.74) is 0.580. The molecule has 0 bridgehead atoms. The van der Waals surface area contributed by atoms with Crippen molar-refractivity contribution in [2.45, 2.75) is 12.8 Å². The van der Waals surface area contributed by atoms with Crippen molar-refractivity contribution >= 4 is 39.3 Å². The van der Waals surface area contributed by atoms with Gasteiger partial charge in [0.05, 0.1) is 5.56 Å². The highest BCUT2D eigenvalue weighted by molar-refractivity contribution is 9.10. The molecule has 0 aliphatic rings. The van der Waals surface area contributed by atoms with E-state index >= 15 is 0 Å². The topological polar surface area (TPSA) is 58.2 Å². The summed E-state index contributed by atoms with van der Waals surface area (Å²) in [5.74, 6) is 0.268. The van der Waals surface area contributed by atoms with Crippen LogP contribution in [0.15, 0.2) is 28.7 Å². The molecular weight excluding hydrogens is 332 g/mol. The summed E-state index contributed by atoms with van der Waals surface area (Å²) in [7, 11) is 0. The maximum atomic E-state index is 11.8. The molecule has 0 aliphatic heterocycles. The lowest BCUT2D eigenvalue weighted by atomic mass is 10.2. The maximum Gasteiger partial charge on any atom is 0.252 e. The Morgan fingerprint density at radius 1 is 1.16 bits per heavy atom. The first-order valence-corrected chi connectivity index (χ1v) is 7.33. The molecule has 1 aromatic rings. The van der Waals surface area contributed by atoms with Crippen molar-refractivity contribution in [2.75, 3.05) is 19.0 Å². The maximum absolute atomic E-state index is 11.8. The second-order valence-electron chi connectivity index (χ2n) is 3.88. The number of hydrogen-bond donors (Lipinski definition) is 2. The Kier molecular flexibility index (Phi) is 7.52. The molecule has 19 heavy (non-hydrogen) atoms. The molecule has 0 aromatic heterocycles. The fraction of sp³-hybridized carbons (Fsp3) is 0.385. The van der Waals surface area contributed by atoms with Crippen molar-refractivity contribution < 1.29 is 9.59 Å². The van der Waals surface area contributed by atoms with Crippen molar-refractivity contribution in [2.24, 2.45) is 0 Å². The highest BCUT2D eigenvalue weighted by atomic mass is 79.9. The van der Waals surface area contributed by atoms with E-state index in [9.17, 15) is 9.59 Å². The SMILES string of the molecule is O=C(CCCCl)NCCNC(=O)c1ccccc1Br. The molecule has 6 heteroatoms. The van der Waals surface area contributed by atoms with Crippen molar-refractivity contribution in [1.82, 2.24) is 10.6 Å². The van der Waals surface area contributed by atoms with E-state index in [0.29, 0.717) is 37.4 Å². The van der Waals surface area contributed by atoms with E-state index in [4.69, 9.17) is 11.6 Å². The minimum absolute atomic E-state index is 0.0456. The summed E-state index contributed by atoms with van der Waals surface area (Å²) in [6.07, 6.45) is 1.08. The van der Waals surface area contributed by atoms with Crippen LogP contribution < -0.4 is 10.6 Å². The van der Waals surface area contributed by atoms with E-state index in [1.807, 2.05) is 12.1 Å². The molecule has 0 spiro atoms. The van der Waals surface area contributed by atoms with Crippen LogP contribution in [0.5, 0.6) is 0 Å². The molecule has 0 aliphatic carbocycles. The highest BCUT2D eigenvalue weighted by Gasteiger charge is 2.08. The van der Waals surface area contributed by atoms with Gasteiger partial charge in [-0.25, -0.2) is 0 Å². The van der Waals surface area contributed by atoms with Gasteiger partial charge in [0.25, 0.3) is 5.91 Å². The third-order valence-corrected chi connectivity index (χ3v) is 3.35. The number of alkyl halides is 1. The Balaban J connectivity index is 2.25. The summed E-state index contributed by atoms with van der Waals surface area (Å²) in [6.45, 7) is 0.810. The number of benzene rings is 1. The summed E-state index contributed by atoms with van der Waals surface area (Å²) in [5, 5.41) is 5.46. The van der Waals surface area contributed by atoms with E-state index in [1.54, 1.807) is 12.1 Å². The minimum atomic E-state index is -0.164. The van der Waals surface area contributed by atoms with Gasteiger partial charge in [0.2, 0.25) is 5.91 Å². The van der Waals surface area contributed by atoms with Crippen molar-refractivity contribution in [3.63, 3.8) is 0 Å². The van der Waals surface area contributed by atoms with Gasteiger partial charge in [-0.15, -0.1) is 11.6 Å². The first-order chi connectivity index (χ1) is 9.15. The summed E-state index contributed by atoms with van der Waals surface area (Å²) < 4.78 is 0.749. The summed E-state index contributed by atoms with van der Waals surface area (Å²) in [4.78, 5) is 23.1. The molecule has 1 rings (SSSR count). The Morgan fingerprint density at radius 2 is 1.84 bits per heavy atom. The molecular formula is C13H16BrClN2O2. The predicted octanol–water partition coefficient (Wildman–Crippen LogP) is 2.31. The third-order valence-electron chi connectivity index (χ3n) is 2.39. The Labute approximate surface area is 126 Å². The molecule has 4 nitrogen and oxygen atoms in total. The molecule has 104 valence electrons. The van der Waals surface area contributed by atoms with E-state index in [0.717, 1.165) is 4.47 Å². The quantitative estimate of drug-likeness (QED) is 0.587. The van der Waals surface area contributed by atoms with Gasteiger partial charge in [-0.3, -0.25) is 9.59 Å². The Hall–Kier alpha value is -1.07. The van der Waals surface area contributed by atoms with Crippen LogP contribution in [0, 0.1) is 0 Å². The van der Waals surface area contributed by atoms with Crippen molar-refractivity contribution in [3.8, 4) is 0 Å². The lowest BCUT2D eigenvalue weighted by Crippen LogP contribution is -2.34. The first kappa shape index (κ1) is 16.0. The zero-order valence-electron chi connectivity index (χ0n) is 10.4. The average Bonchev–Trinajstić information content (AvgIpc) is 2.41. The van der Waals surface area contributed by atoms with Crippen LogP contribution >= 0.6 is 27.5 Å². The number of hydrogen-bond acceptors (Lipinski definition) is 2. The summed E-state index contributed by atoms with van der Waals surface area (Å²) in [6, 6.07) is 7.19. The van der Waals surface area contributed by atoms with E-state index < -0.39 is 0 Å². The second kappa shape index (κ2) is 8.93. The first-order valence-electron chi connectivity index (χ1n) is 6.00. The molecule has 0 saturated carbocycles. The van der Waals surface area contributed by atoms with Gasteiger partial charge in [0.15, 0.2) is 0 Å². The van der Waals surface area contributed by atoms with Gasteiger partial charge >= 0.3 is 0 Å². The number of amides is 2. The zero-order valence-corrected chi connectivity index (χ0v) is 12.8. The number of nitrogens with one attached hydrogen (secondary N) is 2. The largest absolute Gasteiger partial charge is 0.354 e. The normalized spacial score (nSPS) is 10.0. The van der Waals surface area contributed by atoms with Gasteiger partial charge in [-0.2, -0.15) is 0 Å². The average molecular weight is 348 g/mol. The van der Waals surface area contributed by atoms with Crippen molar-refractivity contribution in [1.29, 1.82) is 0 Å². The van der Waals surface area contributed by atoms with Gasteiger partial charge < -0.3 is 10.6 Å². The molecule has 0 atom stereocenters. The molecule has 2 N–H and O–H groups in total. The van der Waals surface area contributed by atoms with Crippen molar-refractivity contribution in [3.05, 3.63) is 34.3 Å². The van der Waals surface area contributed by atoms with Crippen LogP contribution in [0.2, 0.25) is 0 Å². The van der Waals surface area contributed by atoms with Crippen LogP contribution in [0.4, 0.5) is 0 Å². The van der Waals surface area contributed by atoms with E-state index in [2.05, 4.69) is 26.6 Å². The predicted molar refractivity (Wildman–Crippen MR) is 79.4 cm³/mol. The van der Waals surface area contributed by atoms with Crippen LogP contribution in [0.1, 0.15) is 23.2 Å². The van der Waals surface area contributed by atoms with E-state index in [1.165, 1.54) is 0 Å². The fourth-order valence-electron chi connectivity index (χ4n) is 1.43. The molecule has 0 radical (unpaired) electrons. The monoisotopic (exact) mass is 346 g/mol. The van der Waals surface area contributed by atoms with Gasteiger partial charge in [0, 0.05) is 29.9 Å². The van der Waals surface area contributed by atoms with Gasteiger partial charge in [-0.1, -0.05) is 12.1 Å². The molecule has 2 amide bonds. The standard InChI is InChI=1S/C13H16BrClN2O2/c14-11-5-2-1-4-10(11)13(19)17-9-8-16-12(18)6-3-7-15/h1-2,4-5H,3,6-9H2,(H,16,18)(H,17,19). The number of halogens is 2. The molecule has 0 fully saturated rings. The number of carbonyl (C=O) groups is 2. The van der Waals surface area contributed by atoms with Gasteiger partial charge in [-0.05, 0) is 34.5 Å². The smallest absolute Gasteiger partial charge is 0.252 e.